The largest absolute Gasteiger partial charge is 0.463 e. The number of ether oxygens (including phenoxy) is 1. The summed E-state index contributed by atoms with van der Waals surface area (Å²) in [5, 5.41) is 1.29. The van der Waals surface area contributed by atoms with Crippen molar-refractivity contribution in [2.45, 2.75) is 6.61 Å². The van der Waals surface area contributed by atoms with E-state index in [2.05, 4.69) is 4.98 Å². The van der Waals surface area contributed by atoms with Crippen molar-refractivity contribution in [2.75, 3.05) is 0 Å². The Morgan fingerprint density at radius 3 is 2.65 bits per heavy atom. The molecule has 26 heavy (non-hydrogen) atoms. The molecule has 0 aliphatic carbocycles. The van der Waals surface area contributed by atoms with E-state index in [1.165, 1.54) is 0 Å². The van der Waals surface area contributed by atoms with Gasteiger partial charge >= 0.3 is 5.97 Å². The first-order chi connectivity index (χ1) is 12.7. The van der Waals surface area contributed by atoms with Crippen molar-refractivity contribution < 1.29 is 13.9 Å². The minimum Gasteiger partial charge on any atom is -0.463 e. The maximum atomic E-state index is 12.7. The zero-order valence-electron chi connectivity index (χ0n) is 13.7. The Balaban J connectivity index is 1.70. The molecule has 0 spiro atoms. The van der Waals surface area contributed by atoms with Gasteiger partial charge in [0.1, 0.15) is 12.3 Å². The fraction of sp³-hybridized carbons (Fsp3) is 0.0476. The average Bonchev–Trinajstić information content (AvgIpc) is 3.21. The first kappa shape index (κ1) is 16.4. The number of halogens is 1. The van der Waals surface area contributed by atoms with Crippen molar-refractivity contribution in [3.05, 3.63) is 89.1 Å². The SMILES string of the molecule is O=C(OCc1ccccc1Cl)c1cc(-c2ccco2)nc2ccccc12. The number of carbonyl (C=O) groups excluding carboxylic acids is 1. The van der Waals surface area contributed by atoms with E-state index in [0.29, 0.717) is 27.6 Å². The van der Waals surface area contributed by atoms with E-state index in [1.54, 1.807) is 30.5 Å². The van der Waals surface area contributed by atoms with Crippen molar-refractivity contribution in [3.63, 3.8) is 0 Å². The lowest BCUT2D eigenvalue weighted by molar-refractivity contribution is 0.0475. The van der Waals surface area contributed by atoms with Crippen molar-refractivity contribution >= 4 is 28.5 Å². The number of esters is 1. The summed E-state index contributed by atoms with van der Waals surface area (Å²) in [4.78, 5) is 17.3. The van der Waals surface area contributed by atoms with Crippen LogP contribution in [0.15, 0.2) is 77.4 Å². The van der Waals surface area contributed by atoms with Gasteiger partial charge in [-0.2, -0.15) is 0 Å². The second-order valence-electron chi connectivity index (χ2n) is 5.72. The Bertz CT molecular complexity index is 1070. The molecule has 0 bridgehead atoms. The van der Waals surface area contributed by atoms with Gasteiger partial charge in [0.15, 0.2) is 5.76 Å². The van der Waals surface area contributed by atoms with Crippen LogP contribution in [0.1, 0.15) is 15.9 Å². The van der Waals surface area contributed by atoms with Gasteiger partial charge in [-0.25, -0.2) is 9.78 Å². The first-order valence-corrected chi connectivity index (χ1v) is 8.44. The highest BCUT2D eigenvalue weighted by molar-refractivity contribution is 6.31. The maximum absolute atomic E-state index is 12.7. The predicted molar refractivity (Wildman–Crippen MR) is 100 cm³/mol. The molecule has 0 aliphatic rings. The van der Waals surface area contributed by atoms with E-state index in [9.17, 15) is 4.79 Å². The maximum Gasteiger partial charge on any atom is 0.339 e. The van der Waals surface area contributed by atoms with Gasteiger partial charge in [0.2, 0.25) is 0 Å². The highest BCUT2D eigenvalue weighted by Crippen LogP contribution is 2.26. The van der Waals surface area contributed by atoms with E-state index in [4.69, 9.17) is 20.8 Å². The lowest BCUT2D eigenvalue weighted by Gasteiger charge is -2.10. The minimum absolute atomic E-state index is 0.102. The van der Waals surface area contributed by atoms with Gasteiger partial charge in [-0.1, -0.05) is 48.0 Å². The molecule has 0 N–H and O–H groups in total. The van der Waals surface area contributed by atoms with Crippen LogP contribution in [0.2, 0.25) is 5.02 Å². The van der Waals surface area contributed by atoms with Crippen LogP contribution < -0.4 is 0 Å². The molecular weight excluding hydrogens is 350 g/mol. The Morgan fingerprint density at radius 1 is 1.04 bits per heavy atom. The lowest BCUT2D eigenvalue weighted by atomic mass is 10.1. The molecule has 128 valence electrons. The fourth-order valence-corrected chi connectivity index (χ4v) is 2.92. The van der Waals surface area contributed by atoms with Gasteiger partial charge in [-0.15, -0.1) is 0 Å². The van der Waals surface area contributed by atoms with E-state index < -0.39 is 5.97 Å². The molecule has 4 nitrogen and oxygen atoms in total. The average molecular weight is 364 g/mol. The van der Waals surface area contributed by atoms with Crippen molar-refractivity contribution in [1.29, 1.82) is 0 Å². The Hall–Kier alpha value is -3.11. The predicted octanol–water partition coefficient (Wildman–Crippen LogP) is 5.51. The molecule has 0 unspecified atom stereocenters. The number of para-hydroxylation sites is 1. The Morgan fingerprint density at radius 2 is 1.85 bits per heavy atom. The quantitative estimate of drug-likeness (QED) is 0.449. The van der Waals surface area contributed by atoms with Gasteiger partial charge in [0, 0.05) is 16.0 Å². The molecule has 5 heteroatoms. The zero-order valence-corrected chi connectivity index (χ0v) is 14.4. The van der Waals surface area contributed by atoms with E-state index >= 15 is 0 Å². The number of benzene rings is 2. The summed E-state index contributed by atoms with van der Waals surface area (Å²) in [6.45, 7) is 0.102. The molecule has 0 amide bonds. The second-order valence-corrected chi connectivity index (χ2v) is 6.12. The summed E-state index contributed by atoms with van der Waals surface area (Å²) < 4.78 is 10.9. The van der Waals surface area contributed by atoms with E-state index in [0.717, 1.165) is 10.9 Å². The number of carbonyl (C=O) groups is 1. The monoisotopic (exact) mass is 363 g/mol. The number of aromatic nitrogens is 1. The number of hydrogen-bond acceptors (Lipinski definition) is 4. The third-order valence-electron chi connectivity index (χ3n) is 4.03. The summed E-state index contributed by atoms with van der Waals surface area (Å²) in [6, 6.07) is 20.0. The fourth-order valence-electron chi connectivity index (χ4n) is 2.73. The smallest absolute Gasteiger partial charge is 0.339 e. The molecular formula is C21H14ClNO3. The Kier molecular flexibility index (Phi) is 4.42. The van der Waals surface area contributed by atoms with E-state index in [-0.39, 0.29) is 6.61 Å². The summed E-state index contributed by atoms with van der Waals surface area (Å²) in [5.74, 6) is 0.159. The highest BCUT2D eigenvalue weighted by atomic mass is 35.5. The van der Waals surface area contributed by atoms with Crippen LogP contribution in [0.4, 0.5) is 0 Å². The summed E-state index contributed by atoms with van der Waals surface area (Å²) in [5.41, 5.74) is 2.48. The van der Waals surface area contributed by atoms with Crippen LogP contribution in [0.25, 0.3) is 22.4 Å². The Labute approximate surface area is 155 Å². The third kappa shape index (κ3) is 3.19. The van der Waals surface area contributed by atoms with Crippen LogP contribution >= 0.6 is 11.6 Å². The normalized spacial score (nSPS) is 10.8. The summed E-state index contributed by atoms with van der Waals surface area (Å²) in [7, 11) is 0. The van der Waals surface area contributed by atoms with Gasteiger partial charge in [-0.3, -0.25) is 0 Å². The number of pyridine rings is 1. The van der Waals surface area contributed by atoms with Crippen molar-refractivity contribution in [3.8, 4) is 11.5 Å². The number of rotatable bonds is 4. The molecule has 0 radical (unpaired) electrons. The summed E-state index contributed by atoms with van der Waals surface area (Å²) >= 11 is 6.13. The molecule has 0 fully saturated rings. The lowest BCUT2D eigenvalue weighted by Crippen LogP contribution is -2.07. The molecule has 0 aliphatic heterocycles. The second kappa shape index (κ2) is 7.02. The van der Waals surface area contributed by atoms with Crippen LogP contribution in [-0.2, 0) is 11.3 Å². The van der Waals surface area contributed by atoms with Crippen LogP contribution in [-0.4, -0.2) is 11.0 Å². The number of hydrogen-bond donors (Lipinski definition) is 0. The van der Waals surface area contributed by atoms with Crippen LogP contribution in [0.3, 0.4) is 0 Å². The minimum atomic E-state index is -0.434. The first-order valence-electron chi connectivity index (χ1n) is 8.06. The van der Waals surface area contributed by atoms with Gasteiger partial charge in [0.25, 0.3) is 0 Å². The molecule has 2 aromatic carbocycles. The molecule has 0 atom stereocenters. The zero-order chi connectivity index (χ0) is 17.9. The van der Waals surface area contributed by atoms with Crippen LogP contribution in [0, 0.1) is 0 Å². The number of furan rings is 1. The number of nitrogens with zero attached hydrogens (tertiary/aromatic N) is 1. The molecule has 4 aromatic rings. The standard InChI is InChI=1S/C21H14ClNO3/c22-17-8-3-1-6-14(17)13-26-21(24)16-12-19(20-10-5-11-25-20)23-18-9-4-2-7-15(16)18/h1-12H,13H2. The van der Waals surface area contributed by atoms with Gasteiger partial charge < -0.3 is 9.15 Å². The van der Waals surface area contributed by atoms with Gasteiger partial charge in [0.05, 0.1) is 17.3 Å². The highest BCUT2D eigenvalue weighted by Gasteiger charge is 2.16. The topological polar surface area (TPSA) is 52.3 Å². The molecule has 2 aromatic heterocycles. The third-order valence-corrected chi connectivity index (χ3v) is 4.40. The molecule has 4 rings (SSSR count). The number of fused-ring (bicyclic) bond motifs is 1. The van der Waals surface area contributed by atoms with Crippen LogP contribution in [0.5, 0.6) is 0 Å². The summed E-state index contributed by atoms with van der Waals surface area (Å²) in [6.07, 6.45) is 1.57. The van der Waals surface area contributed by atoms with Crippen molar-refractivity contribution in [2.24, 2.45) is 0 Å². The van der Waals surface area contributed by atoms with E-state index in [1.807, 2.05) is 42.5 Å². The van der Waals surface area contributed by atoms with Crippen molar-refractivity contribution in [1.82, 2.24) is 4.98 Å². The molecule has 2 heterocycles. The molecule has 0 saturated heterocycles. The molecule has 0 saturated carbocycles. The van der Waals surface area contributed by atoms with Gasteiger partial charge in [-0.05, 0) is 30.3 Å².